The van der Waals surface area contributed by atoms with Gasteiger partial charge in [-0.25, -0.2) is 0 Å². The van der Waals surface area contributed by atoms with Gasteiger partial charge in [0.05, 0.1) is 25.4 Å². The molecule has 0 spiro atoms. The van der Waals surface area contributed by atoms with Gasteiger partial charge in [0.2, 0.25) is 0 Å². The van der Waals surface area contributed by atoms with Crippen molar-refractivity contribution in [2.75, 3.05) is 14.2 Å². The Morgan fingerprint density at radius 1 is 1.04 bits per heavy atom. The third-order valence-electron chi connectivity index (χ3n) is 4.81. The molecule has 1 aromatic heterocycles. The van der Waals surface area contributed by atoms with Crippen molar-refractivity contribution in [3.05, 3.63) is 59.9 Å². The number of ether oxygens (including phenoxy) is 2. The lowest BCUT2D eigenvalue weighted by molar-refractivity contribution is 0.323. The molecule has 0 amide bonds. The van der Waals surface area contributed by atoms with Gasteiger partial charge in [0.15, 0.2) is 17.3 Å². The first-order valence-electron chi connectivity index (χ1n) is 8.91. The standard InChI is InChI=1S/C20H25N5O2/c1-5-20(2,21-14-15-9-7-6-8-10-15)19-22-23-24-25(19)16-11-12-17(26-3)18(13-16)27-4/h6-13,21H,5,14H2,1-4H3/t20-/m0/s1. The number of nitrogens with one attached hydrogen (secondary N) is 1. The summed E-state index contributed by atoms with van der Waals surface area (Å²) in [6, 6.07) is 15.9. The van der Waals surface area contributed by atoms with Crippen LogP contribution in [0.5, 0.6) is 11.5 Å². The Morgan fingerprint density at radius 2 is 1.78 bits per heavy atom. The van der Waals surface area contributed by atoms with Gasteiger partial charge in [-0.1, -0.05) is 37.3 Å². The third-order valence-corrected chi connectivity index (χ3v) is 4.81. The fourth-order valence-electron chi connectivity index (χ4n) is 2.92. The fourth-order valence-corrected chi connectivity index (χ4v) is 2.92. The maximum Gasteiger partial charge on any atom is 0.176 e. The molecule has 0 radical (unpaired) electrons. The van der Waals surface area contributed by atoms with Crippen LogP contribution in [-0.4, -0.2) is 34.4 Å². The topological polar surface area (TPSA) is 74.1 Å². The molecule has 0 fully saturated rings. The van der Waals surface area contributed by atoms with E-state index in [9.17, 15) is 0 Å². The van der Waals surface area contributed by atoms with Gasteiger partial charge in [-0.2, -0.15) is 4.68 Å². The van der Waals surface area contributed by atoms with E-state index in [2.05, 4.69) is 46.8 Å². The van der Waals surface area contributed by atoms with E-state index in [1.54, 1.807) is 18.9 Å². The Hall–Kier alpha value is -2.93. The quantitative estimate of drug-likeness (QED) is 0.659. The van der Waals surface area contributed by atoms with Crippen molar-refractivity contribution < 1.29 is 9.47 Å². The van der Waals surface area contributed by atoms with Crippen molar-refractivity contribution in [2.24, 2.45) is 0 Å². The first kappa shape index (κ1) is 18.8. The van der Waals surface area contributed by atoms with Gasteiger partial charge in [0.1, 0.15) is 0 Å². The number of aromatic nitrogens is 4. The van der Waals surface area contributed by atoms with Crippen molar-refractivity contribution in [3.8, 4) is 17.2 Å². The van der Waals surface area contributed by atoms with Gasteiger partial charge >= 0.3 is 0 Å². The molecule has 0 saturated heterocycles. The van der Waals surface area contributed by atoms with Crippen molar-refractivity contribution >= 4 is 0 Å². The molecule has 7 heteroatoms. The summed E-state index contributed by atoms with van der Waals surface area (Å²) in [5.74, 6) is 2.04. The van der Waals surface area contributed by atoms with Crippen LogP contribution in [0.4, 0.5) is 0 Å². The first-order chi connectivity index (χ1) is 13.1. The zero-order valence-corrected chi connectivity index (χ0v) is 16.1. The normalized spacial score (nSPS) is 13.2. The third kappa shape index (κ3) is 3.93. The first-order valence-corrected chi connectivity index (χ1v) is 8.91. The maximum absolute atomic E-state index is 5.41. The van der Waals surface area contributed by atoms with Crippen molar-refractivity contribution in [1.82, 2.24) is 25.5 Å². The second-order valence-corrected chi connectivity index (χ2v) is 6.48. The van der Waals surface area contributed by atoms with Crippen LogP contribution in [0, 0.1) is 0 Å². The molecule has 0 aliphatic heterocycles. The monoisotopic (exact) mass is 367 g/mol. The molecule has 3 aromatic rings. The van der Waals surface area contributed by atoms with Gasteiger partial charge in [0, 0.05) is 12.6 Å². The molecule has 1 heterocycles. The van der Waals surface area contributed by atoms with E-state index >= 15 is 0 Å². The van der Waals surface area contributed by atoms with Crippen LogP contribution in [0.2, 0.25) is 0 Å². The summed E-state index contributed by atoms with van der Waals surface area (Å²) in [7, 11) is 3.22. The average molecular weight is 367 g/mol. The van der Waals surface area contributed by atoms with Crippen LogP contribution in [0.3, 0.4) is 0 Å². The van der Waals surface area contributed by atoms with E-state index in [-0.39, 0.29) is 0 Å². The van der Waals surface area contributed by atoms with Crippen molar-refractivity contribution in [2.45, 2.75) is 32.4 Å². The number of nitrogens with zero attached hydrogens (tertiary/aromatic N) is 4. The Kier molecular flexibility index (Phi) is 5.71. The van der Waals surface area contributed by atoms with Gasteiger partial charge in [-0.05, 0) is 41.5 Å². The highest BCUT2D eigenvalue weighted by Crippen LogP contribution is 2.31. The number of hydrogen-bond acceptors (Lipinski definition) is 6. The molecule has 0 bridgehead atoms. The predicted octanol–water partition coefficient (Wildman–Crippen LogP) is 3.09. The van der Waals surface area contributed by atoms with E-state index < -0.39 is 5.54 Å². The molecular formula is C20H25N5O2. The van der Waals surface area contributed by atoms with Crippen LogP contribution >= 0.6 is 0 Å². The molecule has 0 saturated carbocycles. The SMILES string of the molecule is CC[C@](C)(NCc1ccccc1)c1nnnn1-c1ccc(OC)c(OC)c1. The molecular weight excluding hydrogens is 342 g/mol. The molecule has 2 aromatic carbocycles. The molecule has 7 nitrogen and oxygen atoms in total. The Labute approximate surface area is 159 Å². The largest absolute Gasteiger partial charge is 0.493 e. The highest BCUT2D eigenvalue weighted by atomic mass is 16.5. The van der Waals surface area contributed by atoms with E-state index in [0.717, 1.165) is 24.5 Å². The molecule has 27 heavy (non-hydrogen) atoms. The smallest absolute Gasteiger partial charge is 0.176 e. The molecule has 3 rings (SSSR count). The van der Waals surface area contributed by atoms with Crippen LogP contribution in [0.1, 0.15) is 31.7 Å². The number of methoxy groups -OCH3 is 2. The fraction of sp³-hybridized carbons (Fsp3) is 0.350. The van der Waals surface area contributed by atoms with Crippen LogP contribution in [-0.2, 0) is 12.1 Å². The van der Waals surface area contributed by atoms with E-state index in [1.807, 2.05) is 36.4 Å². The lowest BCUT2D eigenvalue weighted by Crippen LogP contribution is -2.41. The number of tetrazole rings is 1. The zero-order chi connectivity index (χ0) is 19.3. The van der Waals surface area contributed by atoms with Crippen LogP contribution in [0.25, 0.3) is 5.69 Å². The zero-order valence-electron chi connectivity index (χ0n) is 16.1. The minimum Gasteiger partial charge on any atom is -0.493 e. The second kappa shape index (κ2) is 8.18. The second-order valence-electron chi connectivity index (χ2n) is 6.48. The highest BCUT2D eigenvalue weighted by Gasteiger charge is 2.31. The Morgan fingerprint density at radius 3 is 2.44 bits per heavy atom. The minimum atomic E-state index is -0.396. The van der Waals surface area contributed by atoms with E-state index in [4.69, 9.17) is 9.47 Å². The average Bonchev–Trinajstić information content (AvgIpc) is 3.23. The molecule has 0 unspecified atom stereocenters. The van der Waals surface area contributed by atoms with Gasteiger partial charge < -0.3 is 14.8 Å². The van der Waals surface area contributed by atoms with Gasteiger partial charge in [0.25, 0.3) is 0 Å². The van der Waals surface area contributed by atoms with Gasteiger partial charge in [-0.15, -0.1) is 5.10 Å². The summed E-state index contributed by atoms with van der Waals surface area (Å²) >= 11 is 0. The molecule has 0 aliphatic rings. The molecule has 1 atom stereocenters. The predicted molar refractivity (Wildman–Crippen MR) is 103 cm³/mol. The highest BCUT2D eigenvalue weighted by molar-refractivity contribution is 5.48. The number of benzene rings is 2. The summed E-state index contributed by atoms with van der Waals surface area (Å²) < 4.78 is 12.5. The minimum absolute atomic E-state index is 0.396. The van der Waals surface area contributed by atoms with Crippen molar-refractivity contribution in [3.63, 3.8) is 0 Å². The summed E-state index contributed by atoms with van der Waals surface area (Å²) in [4.78, 5) is 0. The summed E-state index contributed by atoms with van der Waals surface area (Å²) in [6.07, 6.45) is 0.827. The lowest BCUT2D eigenvalue weighted by Gasteiger charge is -2.28. The molecule has 1 N–H and O–H groups in total. The van der Waals surface area contributed by atoms with Crippen LogP contribution < -0.4 is 14.8 Å². The maximum atomic E-state index is 5.41. The number of hydrogen-bond donors (Lipinski definition) is 1. The molecule has 0 aliphatic carbocycles. The van der Waals surface area contributed by atoms with E-state index in [1.165, 1.54) is 5.56 Å². The molecule has 142 valence electrons. The van der Waals surface area contributed by atoms with E-state index in [0.29, 0.717) is 11.5 Å². The lowest BCUT2D eigenvalue weighted by atomic mass is 9.97. The summed E-state index contributed by atoms with van der Waals surface area (Å²) in [5.41, 5.74) is 1.63. The van der Waals surface area contributed by atoms with Gasteiger partial charge in [-0.3, -0.25) is 0 Å². The van der Waals surface area contributed by atoms with Crippen molar-refractivity contribution in [1.29, 1.82) is 0 Å². The Bertz CT molecular complexity index is 881. The summed E-state index contributed by atoms with van der Waals surface area (Å²) in [6.45, 7) is 4.95. The number of rotatable bonds is 8. The van der Waals surface area contributed by atoms with Crippen LogP contribution in [0.15, 0.2) is 48.5 Å². The Balaban J connectivity index is 1.92. The summed E-state index contributed by atoms with van der Waals surface area (Å²) in [5, 5.41) is 16.0.